The molecule has 7 nitrogen and oxygen atoms in total. The highest BCUT2D eigenvalue weighted by Crippen LogP contribution is 2.25. The minimum atomic E-state index is -3.55. The van der Waals surface area contributed by atoms with Gasteiger partial charge in [-0.3, -0.25) is 4.79 Å². The summed E-state index contributed by atoms with van der Waals surface area (Å²) in [5, 5.41) is 12.5. The van der Waals surface area contributed by atoms with E-state index in [1.165, 1.54) is 28.3 Å². The van der Waals surface area contributed by atoms with Crippen molar-refractivity contribution in [2.45, 2.75) is 43.5 Å². The van der Waals surface area contributed by atoms with Gasteiger partial charge in [0.1, 0.15) is 11.6 Å². The predicted molar refractivity (Wildman–Crippen MR) is 130 cm³/mol. The monoisotopic (exact) mass is 478 g/mol. The van der Waals surface area contributed by atoms with Crippen LogP contribution in [0.4, 0.5) is 0 Å². The van der Waals surface area contributed by atoms with E-state index in [9.17, 15) is 18.5 Å². The molecule has 0 spiro atoms. The van der Waals surface area contributed by atoms with Crippen LogP contribution in [-0.2, 0) is 27.7 Å². The number of carbonyl (C=O) groups is 1. The van der Waals surface area contributed by atoms with Gasteiger partial charge in [0.2, 0.25) is 10.0 Å². The number of benzene rings is 2. The molecule has 1 N–H and O–H groups in total. The molecular weight excluding hydrogens is 448 g/mol. The Morgan fingerprint density at radius 1 is 1.03 bits per heavy atom. The molecule has 1 heterocycles. The van der Waals surface area contributed by atoms with Crippen molar-refractivity contribution in [1.82, 2.24) is 14.5 Å². The van der Waals surface area contributed by atoms with Crippen LogP contribution in [0, 0.1) is 11.3 Å². The van der Waals surface area contributed by atoms with E-state index in [-0.39, 0.29) is 16.5 Å². The molecule has 1 aliphatic carbocycles. The summed E-state index contributed by atoms with van der Waals surface area (Å²) in [5.41, 5.74) is 3.79. The molecule has 0 radical (unpaired) electrons. The molecule has 2 aliphatic rings. The first-order chi connectivity index (χ1) is 16.4. The number of carbonyl (C=O) groups excluding carboxylic acids is 1. The van der Waals surface area contributed by atoms with Crippen molar-refractivity contribution in [3.05, 3.63) is 77.0 Å². The van der Waals surface area contributed by atoms with Gasteiger partial charge in [-0.05, 0) is 61.4 Å². The first-order valence-electron chi connectivity index (χ1n) is 11.7. The zero-order chi connectivity index (χ0) is 24.1. The summed E-state index contributed by atoms with van der Waals surface area (Å²) in [6, 6.07) is 16.5. The van der Waals surface area contributed by atoms with Gasteiger partial charge in [0.05, 0.1) is 10.9 Å². The van der Waals surface area contributed by atoms with E-state index in [0.29, 0.717) is 26.2 Å². The summed E-state index contributed by atoms with van der Waals surface area (Å²) in [6.07, 6.45) is 6.14. The lowest BCUT2D eigenvalue weighted by Crippen LogP contribution is -2.47. The highest BCUT2D eigenvalue weighted by Gasteiger charge is 2.28. The van der Waals surface area contributed by atoms with Crippen LogP contribution in [0.25, 0.3) is 0 Å². The van der Waals surface area contributed by atoms with Crippen LogP contribution in [0.3, 0.4) is 0 Å². The van der Waals surface area contributed by atoms with Gasteiger partial charge < -0.3 is 10.2 Å². The molecule has 1 saturated heterocycles. The normalized spacial score (nSPS) is 18.0. The molecule has 1 unspecified atom stereocenters. The van der Waals surface area contributed by atoms with Gasteiger partial charge in [0.25, 0.3) is 5.91 Å². The number of hydrogen-bond donors (Lipinski definition) is 1. The van der Waals surface area contributed by atoms with Gasteiger partial charge in [-0.2, -0.15) is 9.57 Å². The zero-order valence-corrected chi connectivity index (χ0v) is 20.2. The maximum Gasteiger partial charge on any atom is 0.263 e. The lowest BCUT2D eigenvalue weighted by atomic mass is 9.89. The Bertz CT molecular complexity index is 1210. The lowest BCUT2D eigenvalue weighted by Gasteiger charge is -2.33. The molecule has 8 heteroatoms. The summed E-state index contributed by atoms with van der Waals surface area (Å²) < 4.78 is 27.0. The van der Waals surface area contributed by atoms with Crippen LogP contribution in [0.1, 0.15) is 42.5 Å². The predicted octanol–water partition coefficient (Wildman–Crippen LogP) is 3.16. The molecule has 34 heavy (non-hydrogen) atoms. The molecule has 4 rings (SSSR count). The second-order valence-corrected chi connectivity index (χ2v) is 10.8. The maximum absolute atomic E-state index is 12.8. The van der Waals surface area contributed by atoms with Crippen molar-refractivity contribution >= 4 is 15.9 Å². The molecule has 2 aromatic rings. The third-order valence-electron chi connectivity index (χ3n) is 6.55. The standard InChI is InChI=1S/C26H30N4O3S/c1-20(22-12-11-21-7-5-6-8-23(21)17-22)28-26(31)24(18-27)19-29-13-15-30(16-14-29)34(32,33)25-9-3-2-4-10-25/h2-4,9-12,17,19-20H,5-8,13-16H2,1H3,(H,28,31)/b24-19-. The second-order valence-electron chi connectivity index (χ2n) is 8.84. The lowest BCUT2D eigenvalue weighted by molar-refractivity contribution is -0.117. The molecule has 1 amide bonds. The van der Waals surface area contributed by atoms with Gasteiger partial charge in [-0.15, -0.1) is 0 Å². The van der Waals surface area contributed by atoms with Gasteiger partial charge in [-0.1, -0.05) is 36.4 Å². The highest BCUT2D eigenvalue weighted by molar-refractivity contribution is 7.89. The summed E-state index contributed by atoms with van der Waals surface area (Å²) >= 11 is 0. The molecule has 1 atom stereocenters. The number of aryl methyl sites for hydroxylation is 2. The fraction of sp³-hybridized carbons (Fsp3) is 0.385. The van der Waals surface area contributed by atoms with Crippen molar-refractivity contribution in [3.8, 4) is 6.07 Å². The number of fused-ring (bicyclic) bond motifs is 1. The fourth-order valence-electron chi connectivity index (χ4n) is 4.52. The van der Waals surface area contributed by atoms with Crippen molar-refractivity contribution in [1.29, 1.82) is 5.26 Å². The Kier molecular flexibility index (Phi) is 7.35. The molecule has 0 bridgehead atoms. The Balaban J connectivity index is 1.37. The Labute approximate surface area is 201 Å². The van der Waals surface area contributed by atoms with Crippen LogP contribution in [0.15, 0.2) is 65.2 Å². The Morgan fingerprint density at radius 2 is 1.71 bits per heavy atom. The maximum atomic E-state index is 12.8. The fourth-order valence-corrected chi connectivity index (χ4v) is 5.96. The van der Waals surface area contributed by atoms with Gasteiger partial charge in [0, 0.05) is 32.4 Å². The number of nitrogens with zero attached hydrogens (tertiary/aromatic N) is 3. The van der Waals surface area contributed by atoms with Crippen LogP contribution < -0.4 is 5.32 Å². The number of sulfonamides is 1. The molecule has 178 valence electrons. The smallest absolute Gasteiger partial charge is 0.263 e. The number of nitrogens with one attached hydrogen (secondary N) is 1. The van der Waals surface area contributed by atoms with E-state index in [1.807, 2.05) is 17.9 Å². The number of nitriles is 1. The number of amides is 1. The minimum Gasteiger partial charge on any atom is -0.373 e. The SMILES string of the molecule is CC(NC(=O)/C(C#N)=C\N1CCN(S(=O)(=O)c2ccccc2)CC1)c1ccc2c(c1)CCCC2. The van der Waals surface area contributed by atoms with Crippen molar-refractivity contribution in [3.63, 3.8) is 0 Å². The summed E-state index contributed by atoms with van der Waals surface area (Å²) in [7, 11) is -3.55. The van der Waals surface area contributed by atoms with E-state index in [1.54, 1.807) is 36.5 Å². The Morgan fingerprint density at radius 3 is 2.38 bits per heavy atom. The van der Waals surface area contributed by atoms with Gasteiger partial charge in [-0.25, -0.2) is 8.42 Å². The molecule has 0 aromatic heterocycles. The average Bonchev–Trinajstić information content (AvgIpc) is 2.87. The minimum absolute atomic E-state index is 0.0178. The van der Waals surface area contributed by atoms with E-state index >= 15 is 0 Å². The van der Waals surface area contributed by atoms with Crippen molar-refractivity contribution < 1.29 is 13.2 Å². The largest absolute Gasteiger partial charge is 0.373 e. The van der Waals surface area contributed by atoms with E-state index in [0.717, 1.165) is 18.4 Å². The molecule has 1 aliphatic heterocycles. The topological polar surface area (TPSA) is 93.5 Å². The van der Waals surface area contributed by atoms with E-state index < -0.39 is 15.9 Å². The van der Waals surface area contributed by atoms with Crippen LogP contribution in [0.2, 0.25) is 0 Å². The second kappa shape index (κ2) is 10.4. The van der Waals surface area contributed by atoms with E-state index in [2.05, 4.69) is 23.5 Å². The summed E-state index contributed by atoms with van der Waals surface area (Å²) in [4.78, 5) is 14.9. The molecule has 1 fully saturated rings. The third kappa shape index (κ3) is 5.32. The quantitative estimate of drug-likeness (QED) is 0.509. The Hall–Kier alpha value is -3.15. The summed E-state index contributed by atoms with van der Waals surface area (Å²) in [5.74, 6) is -0.424. The number of hydrogen-bond acceptors (Lipinski definition) is 5. The van der Waals surface area contributed by atoms with Crippen molar-refractivity contribution in [2.24, 2.45) is 0 Å². The first-order valence-corrected chi connectivity index (χ1v) is 13.2. The zero-order valence-electron chi connectivity index (χ0n) is 19.4. The van der Waals surface area contributed by atoms with Gasteiger partial charge in [0.15, 0.2) is 0 Å². The van der Waals surface area contributed by atoms with Crippen LogP contribution in [0.5, 0.6) is 0 Å². The highest BCUT2D eigenvalue weighted by atomic mass is 32.2. The van der Waals surface area contributed by atoms with E-state index in [4.69, 9.17) is 0 Å². The van der Waals surface area contributed by atoms with Gasteiger partial charge >= 0.3 is 0 Å². The molecule has 0 saturated carbocycles. The number of piperazine rings is 1. The van der Waals surface area contributed by atoms with Crippen LogP contribution >= 0.6 is 0 Å². The molecule has 2 aromatic carbocycles. The first kappa shape index (κ1) is 24.0. The number of rotatable bonds is 6. The summed E-state index contributed by atoms with van der Waals surface area (Å²) in [6.45, 7) is 3.32. The molecular formula is C26H30N4O3S. The van der Waals surface area contributed by atoms with Crippen LogP contribution in [-0.4, -0.2) is 49.7 Å². The van der Waals surface area contributed by atoms with Crippen molar-refractivity contribution in [2.75, 3.05) is 26.2 Å². The third-order valence-corrected chi connectivity index (χ3v) is 8.46. The average molecular weight is 479 g/mol.